The number of nitrogens with zero attached hydrogens (tertiary/aromatic N) is 1. The lowest BCUT2D eigenvalue weighted by Crippen LogP contribution is -2.49. The Labute approximate surface area is 126 Å². The van der Waals surface area contributed by atoms with Gasteiger partial charge in [-0.3, -0.25) is 0 Å². The average molecular weight is 314 g/mol. The molecule has 0 spiro atoms. The highest BCUT2D eigenvalue weighted by Gasteiger charge is 2.39. The van der Waals surface area contributed by atoms with E-state index < -0.39 is 10.0 Å². The van der Waals surface area contributed by atoms with Gasteiger partial charge in [0.25, 0.3) is 0 Å². The average Bonchev–Trinajstić information content (AvgIpc) is 2.47. The van der Waals surface area contributed by atoms with Crippen LogP contribution in [0.4, 0.5) is 0 Å². The maximum Gasteiger partial charge on any atom is 0.243 e. The van der Waals surface area contributed by atoms with E-state index in [1.165, 1.54) is 19.3 Å². The van der Waals surface area contributed by atoms with Crippen molar-refractivity contribution in [1.82, 2.24) is 4.31 Å². The van der Waals surface area contributed by atoms with Gasteiger partial charge in [0, 0.05) is 17.6 Å². The number of halogens is 1. The molecule has 3 nitrogen and oxygen atoms in total. The maximum absolute atomic E-state index is 12.8. The highest BCUT2D eigenvalue weighted by molar-refractivity contribution is 7.89. The van der Waals surface area contributed by atoms with Gasteiger partial charge in [0.1, 0.15) is 0 Å². The third-order valence-corrected chi connectivity index (χ3v) is 6.80. The van der Waals surface area contributed by atoms with Gasteiger partial charge in [0.05, 0.1) is 4.90 Å². The Hall–Kier alpha value is -0.580. The van der Waals surface area contributed by atoms with Crippen molar-refractivity contribution >= 4 is 21.6 Å². The Kier molecular flexibility index (Phi) is 4.07. The molecule has 0 unspecified atom stereocenters. The predicted octanol–water partition coefficient (Wildman–Crippen LogP) is 3.68. The first kappa shape index (κ1) is 14.4. The summed E-state index contributed by atoms with van der Waals surface area (Å²) in [7, 11) is -3.37. The molecule has 20 heavy (non-hydrogen) atoms. The molecule has 1 aromatic carbocycles. The summed E-state index contributed by atoms with van der Waals surface area (Å²) in [4.78, 5) is 0.369. The highest BCUT2D eigenvalue weighted by Crippen LogP contribution is 2.38. The molecular weight excluding hydrogens is 294 g/mol. The molecule has 1 aromatic rings. The van der Waals surface area contributed by atoms with Crippen LogP contribution in [0.5, 0.6) is 0 Å². The van der Waals surface area contributed by atoms with E-state index in [1.54, 1.807) is 28.6 Å². The summed E-state index contributed by atoms with van der Waals surface area (Å²) >= 11 is 5.85. The SMILES string of the molecule is O=S(=O)(c1ccc(Cl)cc1)N1CCC[C@H]2CCCC[C@@H]21. The number of hydrogen-bond acceptors (Lipinski definition) is 2. The van der Waals surface area contributed by atoms with E-state index in [4.69, 9.17) is 11.6 Å². The summed E-state index contributed by atoms with van der Waals surface area (Å²) in [6.07, 6.45) is 6.74. The van der Waals surface area contributed by atoms with E-state index in [0.29, 0.717) is 22.4 Å². The van der Waals surface area contributed by atoms with E-state index >= 15 is 0 Å². The summed E-state index contributed by atoms with van der Waals surface area (Å²) < 4.78 is 27.4. The van der Waals surface area contributed by atoms with Crippen LogP contribution < -0.4 is 0 Å². The van der Waals surface area contributed by atoms with Gasteiger partial charge in [0.2, 0.25) is 10.0 Å². The fourth-order valence-electron chi connectivity index (χ4n) is 3.62. The maximum atomic E-state index is 12.8. The fourth-order valence-corrected chi connectivity index (χ4v) is 5.50. The first-order valence-corrected chi connectivity index (χ1v) is 9.18. The molecule has 0 bridgehead atoms. The van der Waals surface area contributed by atoms with Crippen molar-refractivity contribution in [2.75, 3.05) is 6.54 Å². The van der Waals surface area contributed by atoms with Crippen molar-refractivity contribution in [3.8, 4) is 0 Å². The molecule has 0 radical (unpaired) electrons. The van der Waals surface area contributed by atoms with Gasteiger partial charge in [-0.1, -0.05) is 24.4 Å². The van der Waals surface area contributed by atoms with E-state index in [0.717, 1.165) is 19.3 Å². The van der Waals surface area contributed by atoms with Gasteiger partial charge in [0.15, 0.2) is 0 Å². The second kappa shape index (κ2) is 5.66. The van der Waals surface area contributed by atoms with Crippen LogP contribution in [-0.2, 0) is 10.0 Å². The minimum Gasteiger partial charge on any atom is -0.207 e. The van der Waals surface area contributed by atoms with Crippen LogP contribution in [0.25, 0.3) is 0 Å². The minimum atomic E-state index is -3.37. The Morgan fingerprint density at radius 1 is 1.00 bits per heavy atom. The minimum absolute atomic E-state index is 0.207. The van der Waals surface area contributed by atoms with Crippen LogP contribution in [0.15, 0.2) is 29.2 Å². The van der Waals surface area contributed by atoms with E-state index in [9.17, 15) is 8.42 Å². The molecule has 1 saturated heterocycles. The van der Waals surface area contributed by atoms with Gasteiger partial charge in [-0.05, 0) is 55.9 Å². The molecule has 1 aliphatic carbocycles. The molecule has 110 valence electrons. The standard InChI is InChI=1S/C15H20ClNO2S/c16-13-7-9-14(10-8-13)20(18,19)17-11-3-5-12-4-1-2-6-15(12)17/h7-10,12,15H,1-6,11H2/t12-,15+/m1/s1. The molecule has 1 aliphatic heterocycles. The monoisotopic (exact) mass is 313 g/mol. The lowest BCUT2D eigenvalue weighted by atomic mass is 9.79. The number of hydrogen-bond donors (Lipinski definition) is 0. The van der Waals surface area contributed by atoms with Crippen LogP contribution in [0, 0.1) is 5.92 Å². The molecule has 0 amide bonds. The number of benzene rings is 1. The van der Waals surface area contributed by atoms with Crippen molar-refractivity contribution in [2.45, 2.75) is 49.5 Å². The molecule has 2 aliphatic rings. The zero-order valence-electron chi connectivity index (χ0n) is 11.5. The zero-order chi connectivity index (χ0) is 14.2. The van der Waals surface area contributed by atoms with Crippen molar-refractivity contribution in [3.05, 3.63) is 29.3 Å². The van der Waals surface area contributed by atoms with Crippen molar-refractivity contribution in [3.63, 3.8) is 0 Å². The molecule has 1 saturated carbocycles. The molecule has 2 atom stereocenters. The molecule has 5 heteroatoms. The first-order chi connectivity index (χ1) is 9.59. The van der Waals surface area contributed by atoms with Gasteiger partial charge in [-0.15, -0.1) is 0 Å². The molecule has 0 aromatic heterocycles. The second-order valence-corrected chi connectivity index (χ2v) is 8.15. The summed E-state index contributed by atoms with van der Waals surface area (Å²) in [6, 6.07) is 6.74. The van der Waals surface area contributed by atoms with Gasteiger partial charge >= 0.3 is 0 Å². The molecule has 0 N–H and O–H groups in total. The van der Waals surface area contributed by atoms with E-state index in [-0.39, 0.29) is 6.04 Å². The van der Waals surface area contributed by atoms with Crippen molar-refractivity contribution in [2.24, 2.45) is 5.92 Å². The van der Waals surface area contributed by atoms with E-state index in [2.05, 4.69) is 0 Å². The first-order valence-electron chi connectivity index (χ1n) is 7.36. The van der Waals surface area contributed by atoms with Crippen LogP contribution in [0.1, 0.15) is 38.5 Å². The summed E-state index contributed by atoms with van der Waals surface area (Å²) in [5.74, 6) is 0.555. The zero-order valence-corrected chi connectivity index (χ0v) is 13.0. The second-order valence-electron chi connectivity index (χ2n) is 5.82. The number of piperidine rings is 1. The Morgan fingerprint density at radius 2 is 1.65 bits per heavy atom. The van der Waals surface area contributed by atoms with E-state index in [1.807, 2.05) is 0 Å². The number of sulfonamides is 1. The Balaban J connectivity index is 1.91. The topological polar surface area (TPSA) is 37.4 Å². The smallest absolute Gasteiger partial charge is 0.207 e. The highest BCUT2D eigenvalue weighted by atomic mass is 35.5. The summed E-state index contributed by atoms with van der Waals surface area (Å²) in [5, 5.41) is 0.568. The largest absolute Gasteiger partial charge is 0.243 e. The number of fused-ring (bicyclic) bond motifs is 1. The fraction of sp³-hybridized carbons (Fsp3) is 0.600. The molecule has 2 fully saturated rings. The number of rotatable bonds is 2. The normalized spacial score (nSPS) is 28.1. The molecule has 3 rings (SSSR count). The van der Waals surface area contributed by atoms with Gasteiger partial charge in [-0.25, -0.2) is 8.42 Å². The quantitative estimate of drug-likeness (QED) is 0.835. The van der Waals surface area contributed by atoms with Crippen LogP contribution in [-0.4, -0.2) is 25.3 Å². The lowest BCUT2D eigenvalue weighted by Gasteiger charge is -2.43. The molecular formula is C15H20ClNO2S. The third-order valence-electron chi connectivity index (χ3n) is 4.61. The summed E-state index contributed by atoms with van der Waals surface area (Å²) in [6.45, 7) is 0.659. The predicted molar refractivity (Wildman–Crippen MR) is 80.3 cm³/mol. The third kappa shape index (κ3) is 2.61. The summed E-state index contributed by atoms with van der Waals surface area (Å²) in [5.41, 5.74) is 0. The van der Waals surface area contributed by atoms with Gasteiger partial charge < -0.3 is 0 Å². The van der Waals surface area contributed by atoms with Crippen LogP contribution in [0.3, 0.4) is 0 Å². The Morgan fingerprint density at radius 3 is 2.40 bits per heavy atom. The van der Waals surface area contributed by atoms with Gasteiger partial charge in [-0.2, -0.15) is 4.31 Å². The van der Waals surface area contributed by atoms with Crippen LogP contribution in [0.2, 0.25) is 5.02 Å². The van der Waals surface area contributed by atoms with Crippen molar-refractivity contribution in [1.29, 1.82) is 0 Å². The van der Waals surface area contributed by atoms with Crippen molar-refractivity contribution < 1.29 is 8.42 Å². The lowest BCUT2D eigenvalue weighted by molar-refractivity contribution is 0.129. The van der Waals surface area contributed by atoms with Crippen LogP contribution >= 0.6 is 11.6 Å². The Bertz CT molecular complexity index is 568. The molecule has 1 heterocycles.